The van der Waals surface area contributed by atoms with Gasteiger partial charge in [0, 0.05) is 19.5 Å². The van der Waals surface area contributed by atoms with Gasteiger partial charge in [0.2, 0.25) is 5.91 Å². The Morgan fingerprint density at radius 3 is 2.60 bits per heavy atom. The van der Waals surface area contributed by atoms with Gasteiger partial charge in [-0.1, -0.05) is 13.3 Å². The van der Waals surface area contributed by atoms with Gasteiger partial charge >= 0.3 is 0 Å². The number of nitrogens with zero attached hydrogens (tertiary/aromatic N) is 1. The summed E-state index contributed by atoms with van der Waals surface area (Å²) in [6, 6.07) is -0.0978. The van der Waals surface area contributed by atoms with Crippen LogP contribution in [0.5, 0.6) is 0 Å². The average Bonchev–Trinajstić information content (AvgIpc) is 2.54. The first-order chi connectivity index (χ1) is 6.96. The highest BCUT2D eigenvalue weighted by atomic mass is 32.2. The maximum absolute atomic E-state index is 11.6. The molecule has 0 bridgehead atoms. The van der Waals surface area contributed by atoms with Crippen molar-refractivity contribution in [3.63, 3.8) is 0 Å². The maximum Gasteiger partial charge on any atom is 0.222 e. The number of amides is 1. The van der Waals surface area contributed by atoms with Crippen LogP contribution < -0.4 is 0 Å². The van der Waals surface area contributed by atoms with Crippen molar-refractivity contribution in [2.24, 2.45) is 0 Å². The fourth-order valence-electron chi connectivity index (χ4n) is 1.79. The molecule has 88 valence electrons. The van der Waals surface area contributed by atoms with E-state index in [2.05, 4.69) is 0 Å². The van der Waals surface area contributed by atoms with E-state index in [0.29, 0.717) is 12.8 Å². The summed E-state index contributed by atoms with van der Waals surface area (Å²) in [6.45, 7) is 2.04. The minimum Gasteiger partial charge on any atom is -0.342 e. The lowest BCUT2D eigenvalue weighted by atomic mass is 10.2. The predicted molar refractivity (Wildman–Crippen MR) is 59.4 cm³/mol. The lowest BCUT2D eigenvalue weighted by Crippen LogP contribution is -2.37. The van der Waals surface area contributed by atoms with Crippen LogP contribution >= 0.6 is 0 Å². The Balaban J connectivity index is 2.47. The molecule has 0 radical (unpaired) electrons. The van der Waals surface area contributed by atoms with E-state index in [1.54, 1.807) is 11.9 Å². The Kier molecular flexibility index (Phi) is 4.13. The molecule has 0 aromatic carbocycles. The van der Waals surface area contributed by atoms with Crippen LogP contribution in [0.25, 0.3) is 0 Å². The van der Waals surface area contributed by atoms with Gasteiger partial charge in [0.05, 0.1) is 11.5 Å². The van der Waals surface area contributed by atoms with Crippen molar-refractivity contribution in [2.45, 2.75) is 38.6 Å². The number of carbonyl (C=O) groups is 1. The quantitative estimate of drug-likeness (QED) is 0.722. The number of unbranched alkanes of at least 4 members (excludes halogenated alkanes) is 1. The van der Waals surface area contributed by atoms with E-state index in [1.165, 1.54) is 0 Å². The van der Waals surface area contributed by atoms with Gasteiger partial charge in [-0.05, 0) is 12.8 Å². The minimum absolute atomic E-state index is 0.0685. The molecule has 5 heteroatoms. The number of carbonyl (C=O) groups excluding carboxylic acids is 1. The van der Waals surface area contributed by atoms with Gasteiger partial charge in [-0.25, -0.2) is 8.42 Å². The molecule has 0 aliphatic carbocycles. The first-order valence-electron chi connectivity index (χ1n) is 5.42. The van der Waals surface area contributed by atoms with Gasteiger partial charge in [0.25, 0.3) is 0 Å². The molecule has 0 aromatic rings. The molecule has 1 atom stereocenters. The van der Waals surface area contributed by atoms with E-state index in [1.807, 2.05) is 6.92 Å². The molecule has 1 rings (SSSR count). The Morgan fingerprint density at radius 1 is 1.47 bits per heavy atom. The van der Waals surface area contributed by atoms with E-state index in [4.69, 9.17) is 0 Å². The largest absolute Gasteiger partial charge is 0.342 e. The minimum atomic E-state index is -2.89. The first-order valence-corrected chi connectivity index (χ1v) is 7.24. The zero-order valence-electron chi connectivity index (χ0n) is 9.40. The van der Waals surface area contributed by atoms with Crippen LogP contribution in [0.3, 0.4) is 0 Å². The normalized spacial score (nSPS) is 24.0. The zero-order valence-corrected chi connectivity index (χ0v) is 10.2. The van der Waals surface area contributed by atoms with Crippen LogP contribution in [0.2, 0.25) is 0 Å². The first kappa shape index (κ1) is 12.5. The van der Waals surface area contributed by atoms with E-state index >= 15 is 0 Å². The van der Waals surface area contributed by atoms with Crippen LogP contribution in [0, 0.1) is 0 Å². The molecule has 1 amide bonds. The summed E-state index contributed by atoms with van der Waals surface area (Å²) < 4.78 is 22.5. The summed E-state index contributed by atoms with van der Waals surface area (Å²) >= 11 is 0. The van der Waals surface area contributed by atoms with Crippen molar-refractivity contribution in [1.29, 1.82) is 0 Å². The van der Waals surface area contributed by atoms with E-state index in [0.717, 1.165) is 12.8 Å². The van der Waals surface area contributed by atoms with Gasteiger partial charge in [-0.15, -0.1) is 0 Å². The van der Waals surface area contributed by atoms with Crippen LogP contribution in [0.15, 0.2) is 0 Å². The van der Waals surface area contributed by atoms with Crippen molar-refractivity contribution >= 4 is 15.7 Å². The standard InChI is InChI=1S/C10H19NO3S/c1-3-4-5-10(12)11(2)9-6-7-15(13,14)8-9/h9H,3-8H2,1-2H3. The van der Waals surface area contributed by atoms with Gasteiger partial charge < -0.3 is 4.90 Å². The lowest BCUT2D eigenvalue weighted by molar-refractivity contribution is -0.131. The molecule has 1 aliphatic rings. The third kappa shape index (κ3) is 3.48. The van der Waals surface area contributed by atoms with Crippen molar-refractivity contribution in [1.82, 2.24) is 4.90 Å². The maximum atomic E-state index is 11.6. The monoisotopic (exact) mass is 233 g/mol. The molecule has 1 fully saturated rings. The second kappa shape index (κ2) is 4.96. The average molecular weight is 233 g/mol. The molecule has 0 aromatic heterocycles. The van der Waals surface area contributed by atoms with Crippen LogP contribution in [0.4, 0.5) is 0 Å². The van der Waals surface area contributed by atoms with Crippen LogP contribution in [-0.2, 0) is 14.6 Å². The van der Waals surface area contributed by atoms with Gasteiger partial charge in [0.15, 0.2) is 9.84 Å². The second-order valence-electron chi connectivity index (χ2n) is 4.17. The van der Waals surface area contributed by atoms with Crippen molar-refractivity contribution in [2.75, 3.05) is 18.6 Å². The third-order valence-corrected chi connectivity index (χ3v) is 4.64. The Bertz CT molecular complexity index is 324. The Morgan fingerprint density at radius 2 is 2.13 bits per heavy atom. The smallest absolute Gasteiger partial charge is 0.222 e. The molecule has 1 unspecified atom stereocenters. The summed E-state index contributed by atoms with van der Waals surface area (Å²) in [4.78, 5) is 13.2. The van der Waals surface area contributed by atoms with E-state index < -0.39 is 9.84 Å². The van der Waals surface area contributed by atoms with Gasteiger partial charge in [0.1, 0.15) is 0 Å². The summed E-state index contributed by atoms with van der Waals surface area (Å²) in [5.74, 6) is 0.434. The number of hydrogen-bond donors (Lipinski definition) is 0. The molecule has 0 N–H and O–H groups in total. The van der Waals surface area contributed by atoms with Crippen molar-refractivity contribution in [3.8, 4) is 0 Å². The zero-order chi connectivity index (χ0) is 11.5. The lowest BCUT2D eigenvalue weighted by Gasteiger charge is -2.23. The predicted octanol–water partition coefficient (Wildman–Crippen LogP) is 0.822. The number of hydrogen-bond acceptors (Lipinski definition) is 3. The highest BCUT2D eigenvalue weighted by molar-refractivity contribution is 7.91. The molecule has 0 spiro atoms. The number of sulfone groups is 1. The SMILES string of the molecule is CCCCC(=O)N(C)C1CCS(=O)(=O)C1. The summed E-state index contributed by atoms with van der Waals surface area (Å²) in [6.07, 6.45) is 2.99. The third-order valence-electron chi connectivity index (χ3n) is 2.89. The molecular weight excluding hydrogens is 214 g/mol. The molecule has 0 saturated carbocycles. The highest BCUT2D eigenvalue weighted by Gasteiger charge is 2.32. The van der Waals surface area contributed by atoms with Crippen LogP contribution in [0.1, 0.15) is 32.6 Å². The molecule has 4 nitrogen and oxygen atoms in total. The van der Waals surface area contributed by atoms with Crippen LogP contribution in [-0.4, -0.2) is 43.8 Å². The molecule has 1 saturated heterocycles. The highest BCUT2D eigenvalue weighted by Crippen LogP contribution is 2.17. The summed E-state index contributed by atoms with van der Waals surface area (Å²) in [5.41, 5.74) is 0. The molecule has 15 heavy (non-hydrogen) atoms. The number of rotatable bonds is 4. The second-order valence-corrected chi connectivity index (χ2v) is 6.39. The van der Waals surface area contributed by atoms with Gasteiger partial charge in [-0.2, -0.15) is 0 Å². The fourth-order valence-corrected chi connectivity index (χ4v) is 3.56. The topological polar surface area (TPSA) is 54.5 Å². The fraction of sp³-hybridized carbons (Fsp3) is 0.900. The van der Waals surface area contributed by atoms with Gasteiger partial charge in [-0.3, -0.25) is 4.79 Å². The Labute approximate surface area is 91.6 Å². The molecule has 1 heterocycles. The Hall–Kier alpha value is -0.580. The molecule has 1 aliphatic heterocycles. The summed E-state index contributed by atoms with van der Waals surface area (Å²) in [7, 11) is -1.18. The summed E-state index contributed by atoms with van der Waals surface area (Å²) in [5, 5.41) is 0. The molecular formula is C10H19NO3S. The van der Waals surface area contributed by atoms with E-state index in [-0.39, 0.29) is 23.5 Å². The van der Waals surface area contributed by atoms with Crippen molar-refractivity contribution in [3.05, 3.63) is 0 Å². The van der Waals surface area contributed by atoms with Crippen molar-refractivity contribution < 1.29 is 13.2 Å². The van der Waals surface area contributed by atoms with E-state index in [9.17, 15) is 13.2 Å².